The number of thiophene rings is 1. The summed E-state index contributed by atoms with van der Waals surface area (Å²) in [6.07, 6.45) is -3.20. The molecule has 3 N–H and O–H groups in total. The second-order valence-corrected chi connectivity index (χ2v) is 10.6. The summed E-state index contributed by atoms with van der Waals surface area (Å²) in [7, 11) is 0. The lowest BCUT2D eigenvalue weighted by Crippen LogP contribution is -2.18. The third kappa shape index (κ3) is 5.88. The van der Waals surface area contributed by atoms with Gasteiger partial charge in [0.05, 0.1) is 5.69 Å². The number of pyridine rings is 1. The summed E-state index contributed by atoms with van der Waals surface area (Å²) in [5.74, 6) is -1.02. The number of rotatable bonds is 8. The largest absolute Gasteiger partial charge is 0.471 e. The van der Waals surface area contributed by atoms with E-state index in [1.165, 1.54) is 10.7 Å². The Morgan fingerprint density at radius 2 is 1.52 bits per heavy atom. The summed E-state index contributed by atoms with van der Waals surface area (Å²) in [5, 5.41) is 7.06. The van der Waals surface area contributed by atoms with E-state index >= 15 is 0 Å². The quantitative estimate of drug-likeness (QED) is 0.188. The number of alkyl halides is 3. The van der Waals surface area contributed by atoms with Gasteiger partial charge in [-0.2, -0.15) is 18.3 Å². The monoisotopic (exact) mass is 613 g/mol. The number of benzene rings is 3. The van der Waals surface area contributed by atoms with Crippen molar-refractivity contribution >= 4 is 39.1 Å². The number of amides is 2. The summed E-state index contributed by atoms with van der Waals surface area (Å²) in [6.45, 7) is 0.00811. The fourth-order valence-electron chi connectivity index (χ4n) is 4.63. The number of nitrogens with one attached hydrogen (secondary N) is 1. The Hall–Kier alpha value is -5.49. The number of anilines is 1. The van der Waals surface area contributed by atoms with Gasteiger partial charge in [0.1, 0.15) is 21.2 Å². The van der Waals surface area contributed by atoms with Crippen molar-refractivity contribution in [3.05, 3.63) is 120 Å². The summed E-state index contributed by atoms with van der Waals surface area (Å²) in [4.78, 5) is 29.2. The topological polar surface area (TPSA) is 112 Å². The SMILES string of the molecule is NC(=O)c1sc2nc(C(F)(F)F)cc(-c3ccccc3)c2c1NC(=O)c1ccn(COc2ccc(-c3ccccc3)cc2)n1. The molecule has 6 aromatic rings. The number of carbonyl (C=O) groups excluding carboxylic acids is 2. The minimum Gasteiger partial charge on any atom is -0.471 e. The predicted molar refractivity (Wildman–Crippen MR) is 161 cm³/mol. The first-order valence-electron chi connectivity index (χ1n) is 13.2. The van der Waals surface area contributed by atoms with E-state index in [0.717, 1.165) is 17.2 Å². The summed E-state index contributed by atoms with van der Waals surface area (Å²) >= 11 is 0.673. The second-order valence-electron chi connectivity index (χ2n) is 9.63. The van der Waals surface area contributed by atoms with Crippen LogP contribution in [-0.2, 0) is 12.9 Å². The fraction of sp³-hybridized carbons (Fsp3) is 0.0625. The maximum Gasteiger partial charge on any atom is 0.433 e. The number of primary amides is 1. The Labute approximate surface area is 252 Å². The van der Waals surface area contributed by atoms with E-state index in [-0.39, 0.29) is 38.8 Å². The Bertz CT molecular complexity index is 1970. The van der Waals surface area contributed by atoms with E-state index in [0.29, 0.717) is 22.6 Å². The molecule has 0 fully saturated rings. The lowest BCUT2D eigenvalue weighted by Gasteiger charge is -2.12. The number of hydrogen-bond acceptors (Lipinski definition) is 6. The van der Waals surface area contributed by atoms with Crippen LogP contribution >= 0.6 is 11.3 Å². The molecular formula is C32H22F3N5O3S. The van der Waals surface area contributed by atoms with Crippen molar-refractivity contribution in [2.75, 3.05) is 5.32 Å². The van der Waals surface area contributed by atoms with Crippen molar-refractivity contribution in [1.82, 2.24) is 14.8 Å². The Kier molecular flexibility index (Phi) is 7.58. The smallest absolute Gasteiger partial charge is 0.433 e. The van der Waals surface area contributed by atoms with Gasteiger partial charge in [-0.25, -0.2) is 9.67 Å². The molecule has 0 atom stereocenters. The van der Waals surface area contributed by atoms with Crippen molar-refractivity contribution in [2.45, 2.75) is 12.9 Å². The number of halogens is 3. The van der Waals surface area contributed by atoms with Gasteiger partial charge in [-0.15, -0.1) is 11.3 Å². The molecule has 44 heavy (non-hydrogen) atoms. The summed E-state index contributed by atoms with van der Waals surface area (Å²) in [5.41, 5.74) is 7.09. The Morgan fingerprint density at radius 1 is 0.886 bits per heavy atom. The first kappa shape index (κ1) is 28.6. The van der Waals surface area contributed by atoms with Crippen LogP contribution in [-0.4, -0.2) is 26.6 Å². The van der Waals surface area contributed by atoms with Crippen molar-refractivity contribution in [1.29, 1.82) is 0 Å². The molecular weight excluding hydrogens is 591 g/mol. The third-order valence-electron chi connectivity index (χ3n) is 6.70. The van der Waals surface area contributed by atoms with Gasteiger partial charge >= 0.3 is 6.18 Å². The number of nitrogens with two attached hydrogens (primary N) is 1. The van der Waals surface area contributed by atoms with Gasteiger partial charge in [0.15, 0.2) is 12.4 Å². The van der Waals surface area contributed by atoms with Gasteiger partial charge < -0.3 is 15.8 Å². The summed E-state index contributed by atoms with van der Waals surface area (Å²) in [6, 6.07) is 28.1. The average molecular weight is 614 g/mol. The van der Waals surface area contributed by atoms with Gasteiger partial charge in [0, 0.05) is 11.6 Å². The predicted octanol–water partition coefficient (Wildman–Crippen LogP) is 7.23. The van der Waals surface area contributed by atoms with Gasteiger partial charge in [-0.05, 0) is 46.5 Å². The molecule has 0 bridgehead atoms. The van der Waals surface area contributed by atoms with Crippen LogP contribution in [0.2, 0.25) is 0 Å². The van der Waals surface area contributed by atoms with Crippen LogP contribution in [0.4, 0.5) is 18.9 Å². The van der Waals surface area contributed by atoms with Crippen LogP contribution in [0.15, 0.2) is 103 Å². The molecule has 0 aliphatic carbocycles. The van der Waals surface area contributed by atoms with Crippen LogP contribution in [0.3, 0.4) is 0 Å². The number of fused-ring (bicyclic) bond motifs is 1. The normalized spacial score (nSPS) is 11.4. The van der Waals surface area contributed by atoms with E-state index in [4.69, 9.17) is 10.5 Å². The standard InChI is InChI=1S/C32H22F3N5O3S/c33-32(34,35)25-17-23(21-9-5-2-6-10-21)26-27(28(29(36)41)44-31(26)37-25)38-30(42)24-15-16-40(39-24)18-43-22-13-11-20(12-14-22)19-7-3-1-4-8-19/h1-17H,18H2,(H2,36,41)(H,38,42). The highest BCUT2D eigenvalue weighted by Crippen LogP contribution is 2.43. The van der Waals surface area contributed by atoms with Crippen molar-refractivity contribution < 1.29 is 27.5 Å². The maximum absolute atomic E-state index is 13.7. The molecule has 0 saturated heterocycles. The highest BCUT2D eigenvalue weighted by molar-refractivity contribution is 7.21. The fourth-order valence-corrected chi connectivity index (χ4v) is 5.64. The van der Waals surface area contributed by atoms with Crippen LogP contribution < -0.4 is 15.8 Å². The zero-order valence-electron chi connectivity index (χ0n) is 22.7. The number of nitrogens with zero attached hydrogens (tertiary/aromatic N) is 3. The molecule has 3 aromatic heterocycles. The first-order chi connectivity index (χ1) is 21.2. The zero-order chi connectivity index (χ0) is 30.8. The molecule has 2 amide bonds. The third-order valence-corrected chi connectivity index (χ3v) is 7.80. The highest BCUT2D eigenvalue weighted by atomic mass is 32.1. The minimum absolute atomic E-state index is 0.00811. The molecule has 220 valence electrons. The maximum atomic E-state index is 13.7. The average Bonchev–Trinajstić information content (AvgIpc) is 3.66. The lowest BCUT2D eigenvalue weighted by atomic mass is 10.0. The molecule has 8 nitrogen and oxygen atoms in total. The zero-order valence-corrected chi connectivity index (χ0v) is 23.5. The Balaban J connectivity index is 1.26. The summed E-state index contributed by atoms with van der Waals surface area (Å²) < 4.78 is 48.4. The number of aromatic nitrogens is 3. The molecule has 12 heteroatoms. The molecule has 3 heterocycles. The highest BCUT2D eigenvalue weighted by Gasteiger charge is 2.35. The lowest BCUT2D eigenvalue weighted by molar-refractivity contribution is -0.140. The van der Waals surface area contributed by atoms with E-state index < -0.39 is 23.7 Å². The van der Waals surface area contributed by atoms with Crippen LogP contribution in [0.25, 0.3) is 32.5 Å². The Morgan fingerprint density at radius 3 is 2.16 bits per heavy atom. The number of carbonyl (C=O) groups is 2. The van der Waals surface area contributed by atoms with E-state index in [9.17, 15) is 22.8 Å². The molecule has 0 unspecified atom stereocenters. The molecule has 3 aromatic carbocycles. The van der Waals surface area contributed by atoms with E-state index in [1.807, 2.05) is 54.6 Å². The molecule has 0 aliphatic heterocycles. The van der Waals surface area contributed by atoms with Crippen molar-refractivity contribution in [3.63, 3.8) is 0 Å². The molecule has 0 aliphatic rings. The number of ether oxygens (including phenoxy) is 1. The molecule has 0 spiro atoms. The van der Waals surface area contributed by atoms with E-state index in [1.54, 1.807) is 36.5 Å². The van der Waals surface area contributed by atoms with Crippen LogP contribution in [0, 0.1) is 0 Å². The van der Waals surface area contributed by atoms with E-state index in [2.05, 4.69) is 15.4 Å². The van der Waals surface area contributed by atoms with Crippen LogP contribution in [0.1, 0.15) is 25.9 Å². The van der Waals surface area contributed by atoms with Crippen molar-refractivity contribution in [3.8, 4) is 28.0 Å². The second kappa shape index (κ2) is 11.7. The molecule has 6 rings (SSSR count). The first-order valence-corrected chi connectivity index (χ1v) is 14.0. The molecule has 0 saturated carbocycles. The van der Waals surface area contributed by atoms with Gasteiger partial charge in [0.25, 0.3) is 11.8 Å². The minimum atomic E-state index is -4.74. The number of hydrogen-bond donors (Lipinski definition) is 2. The van der Waals surface area contributed by atoms with Gasteiger partial charge in [-0.1, -0.05) is 72.8 Å². The van der Waals surface area contributed by atoms with Crippen LogP contribution in [0.5, 0.6) is 5.75 Å². The van der Waals surface area contributed by atoms with Gasteiger partial charge in [-0.3, -0.25) is 9.59 Å². The van der Waals surface area contributed by atoms with Gasteiger partial charge in [0.2, 0.25) is 0 Å². The van der Waals surface area contributed by atoms with Crippen molar-refractivity contribution in [2.24, 2.45) is 5.73 Å². The molecule has 0 radical (unpaired) electrons.